The van der Waals surface area contributed by atoms with Crippen LogP contribution >= 0.6 is 11.6 Å². The summed E-state index contributed by atoms with van der Waals surface area (Å²) in [6.07, 6.45) is 2.03. The number of ether oxygens (including phenoxy) is 1. The third-order valence-electron chi connectivity index (χ3n) is 2.95. The Morgan fingerprint density at radius 1 is 1.53 bits per heavy atom. The predicted octanol–water partition coefficient (Wildman–Crippen LogP) is 1.95. The van der Waals surface area contributed by atoms with E-state index < -0.39 is 0 Å². The molecule has 1 aromatic heterocycles. The van der Waals surface area contributed by atoms with E-state index in [2.05, 4.69) is 10.3 Å². The average molecular weight is 255 g/mol. The zero-order valence-electron chi connectivity index (χ0n) is 9.87. The van der Waals surface area contributed by atoms with Crippen LogP contribution in [0.3, 0.4) is 0 Å². The van der Waals surface area contributed by atoms with Gasteiger partial charge in [0.05, 0.1) is 6.10 Å². The minimum absolute atomic E-state index is 0.100. The monoisotopic (exact) mass is 254 g/mol. The van der Waals surface area contributed by atoms with Crippen molar-refractivity contribution >= 4 is 17.5 Å². The Balaban J connectivity index is 1.96. The van der Waals surface area contributed by atoms with E-state index in [0.29, 0.717) is 10.7 Å². The molecule has 4 nitrogen and oxygen atoms in total. The van der Waals surface area contributed by atoms with Gasteiger partial charge in [0.2, 0.25) is 0 Å². The van der Waals surface area contributed by atoms with Gasteiger partial charge in [0.25, 0.3) is 5.91 Å². The molecule has 5 heteroatoms. The lowest BCUT2D eigenvalue weighted by Crippen LogP contribution is -2.47. The van der Waals surface area contributed by atoms with Crippen LogP contribution < -0.4 is 5.32 Å². The first-order valence-electron chi connectivity index (χ1n) is 5.56. The van der Waals surface area contributed by atoms with E-state index in [1.807, 2.05) is 6.92 Å². The number of nitrogens with one attached hydrogen (secondary N) is 1. The summed E-state index contributed by atoms with van der Waals surface area (Å²) >= 11 is 5.81. The Hall–Kier alpha value is -1.13. The number of aryl methyl sites for hydroxylation is 1. The van der Waals surface area contributed by atoms with Crippen LogP contribution in [0, 0.1) is 6.92 Å². The summed E-state index contributed by atoms with van der Waals surface area (Å²) in [6, 6.07) is 3.52. The molecule has 1 aromatic rings. The van der Waals surface area contributed by atoms with E-state index in [1.54, 1.807) is 19.2 Å². The van der Waals surface area contributed by atoms with E-state index in [1.165, 1.54) is 0 Å². The lowest BCUT2D eigenvalue weighted by molar-refractivity contribution is 0.0176. The molecule has 0 unspecified atom stereocenters. The summed E-state index contributed by atoms with van der Waals surface area (Å²) in [7, 11) is 1.69. The van der Waals surface area contributed by atoms with Gasteiger partial charge in [-0.1, -0.05) is 11.6 Å². The van der Waals surface area contributed by atoms with Crippen molar-refractivity contribution in [2.75, 3.05) is 7.11 Å². The van der Waals surface area contributed by atoms with Crippen LogP contribution in [0.15, 0.2) is 12.1 Å². The summed E-state index contributed by atoms with van der Waals surface area (Å²) in [5.41, 5.74) is 1.30. The highest BCUT2D eigenvalue weighted by molar-refractivity contribution is 6.29. The number of aromatic nitrogens is 1. The van der Waals surface area contributed by atoms with Crippen molar-refractivity contribution in [3.05, 3.63) is 28.5 Å². The molecule has 1 N–H and O–H groups in total. The molecule has 1 aliphatic rings. The molecule has 0 aliphatic heterocycles. The number of pyridine rings is 1. The van der Waals surface area contributed by atoms with Crippen LogP contribution in [0.5, 0.6) is 0 Å². The predicted molar refractivity (Wildman–Crippen MR) is 65.3 cm³/mol. The summed E-state index contributed by atoms with van der Waals surface area (Å²) in [5.74, 6) is -0.100. The summed E-state index contributed by atoms with van der Waals surface area (Å²) in [5, 5.41) is 3.29. The SMILES string of the molecule is COC1CC(NC(=O)c2cc(C)nc(Cl)c2)C1. The van der Waals surface area contributed by atoms with Crippen LogP contribution in [-0.2, 0) is 4.74 Å². The Morgan fingerprint density at radius 2 is 2.24 bits per heavy atom. The Morgan fingerprint density at radius 3 is 2.82 bits per heavy atom. The summed E-state index contributed by atoms with van der Waals surface area (Å²) < 4.78 is 5.16. The van der Waals surface area contributed by atoms with Gasteiger partial charge in [0, 0.05) is 24.4 Å². The fourth-order valence-corrected chi connectivity index (χ4v) is 2.15. The molecule has 17 heavy (non-hydrogen) atoms. The second-order valence-corrected chi connectivity index (χ2v) is 4.71. The number of halogens is 1. The summed E-state index contributed by atoms with van der Waals surface area (Å²) in [4.78, 5) is 15.9. The lowest BCUT2D eigenvalue weighted by Gasteiger charge is -2.34. The Kier molecular flexibility index (Phi) is 3.64. The minimum atomic E-state index is -0.100. The number of hydrogen-bond acceptors (Lipinski definition) is 3. The fraction of sp³-hybridized carbons (Fsp3) is 0.500. The van der Waals surface area contributed by atoms with Crippen molar-refractivity contribution < 1.29 is 9.53 Å². The highest BCUT2D eigenvalue weighted by atomic mass is 35.5. The molecular formula is C12H15ClN2O2. The van der Waals surface area contributed by atoms with Crippen molar-refractivity contribution in [2.24, 2.45) is 0 Å². The zero-order valence-corrected chi connectivity index (χ0v) is 10.6. The third kappa shape index (κ3) is 2.96. The molecule has 1 aliphatic carbocycles. The first-order valence-corrected chi connectivity index (χ1v) is 5.94. The molecule has 0 spiro atoms. The molecule has 0 radical (unpaired) electrons. The Bertz CT molecular complexity index is 410. The molecule has 1 saturated carbocycles. The topological polar surface area (TPSA) is 51.2 Å². The van der Waals surface area contributed by atoms with E-state index in [9.17, 15) is 4.79 Å². The molecule has 92 valence electrons. The second kappa shape index (κ2) is 5.02. The van der Waals surface area contributed by atoms with E-state index in [4.69, 9.17) is 16.3 Å². The molecule has 1 heterocycles. The van der Waals surface area contributed by atoms with Gasteiger partial charge >= 0.3 is 0 Å². The fourth-order valence-electron chi connectivity index (χ4n) is 1.90. The average Bonchev–Trinajstić information content (AvgIpc) is 2.21. The van der Waals surface area contributed by atoms with E-state index >= 15 is 0 Å². The second-order valence-electron chi connectivity index (χ2n) is 4.32. The number of methoxy groups -OCH3 is 1. The number of carbonyl (C=O) groups excluding carboxylic acids is 1. The molecule has 0 atom stereocenters. The van der Waals surface area contributed by atoms with Gasteiger partial charge in [-0.05, 0) is 31.9 Å². The number of amides is 1. The van der Waals surface area contributed by atoms with Crippen LogP contribution in [-0.4, -0.2) is 30.1 Å². The Labute approximate surface area is 105 Å². The zero-order chi connectivity index (χ0) is 12.4. The van der Waals surface area contributed by atoms with Crippen molar-refractivity contribution in [1.82, 2.24) is 10.3 Å². The molecular weight excluding hydrogens is 240 g/mol. The van der Waals surface area contributed by atoms with Crippen molar-refractivity contribution in [3.63, 3.8) is 0 Å². The maximum Gasteiger partial charge on any atom is 0.251 e. The molecule has 0 saturated heterocycles. The maximum atomic E-state index is 11.9. The van der Waals surface area contributed by atoms with Crippen LogP contribution in [0.4, 0.5) is 0 Å². The number of nitrogens with zero attached hydrogens (tertiary/aromatic N) is 1. The maximum absolute atomic E-state index is 11.9. The largest absolute Gasteiger partial charge is 0.381 e. The van der Waals surface area contributed by atoms with E-state index in [-0.39, 0.29) is 18.1 Å². The molecule has 1 fully saturated rings. The third-order valence-corrected chi connectivity index (χ3v) is 3.14. The van der Waals surface area contributed by atoms with E-state index in [0.717, 1.165) is 18.5 Å². The molecule has 0 aromatic carbocycles. The highest BCUT2D eigenvalue weighted by Gasteiger charge is 2.30. The van der Waals surface area contributed by atoms with Gasteiger partial charge < -0.3 is 10.1 Å². The molecule has 0 bridgehead atoms. The number of carbonyl (C=O) groups is 1. The van der Waals surface area contributed by atoms with Crippen molar-refractivity contribution in [1.29, 1.82) is 0 Å². The first-order chi connectivity index (χ1) is 8.08. The first kappa shape index (κ1) is 12.3. The van der Waals surface area contributed by atoms with Crippen LogP contribution in [0.1, 0.15) is 28.9 Å². The van der Waals surface area contributed by atoms with Gasteiger partial charge in [-0.3, -0.25) is 4.79 Å². The van der Waals surface area contributed by atoms with Gasteiger partial charge in [-0.25, -0.2) is 4.98 Å². The minimum Gasteiger partial charge on any atom is -0.381 e. The highest BCUT2D eigenvalue weighted by Crippen LogP contribution is 2.23. The number of hydrogen-bond donors (Lipinski definition) is 1. The lowest BCUT2D eigenvalue weighted by atomic mass is 9.89. The number of rotatable bonds is 3. The van der Waals surface area contributed by atoms with Gasteiger partial charge in [-0.2, -0.15) is 0 Å². The van der Waals surface area contributed by atoms with Crippen LogP contribution in [0.2, 0.25) is 5.15 Å². The quantitative estimate of drug-likeness (QED) is 0.839. The molecule has 2 rings (SSSR count). The van der Waals surface area contributed by atoms with Gasteiger partial charge in [-0.15, -0.1) is 0 Å². The van der Waals surface area contributed by atoms with Crippen molar-refractivity contribution in [3.8, 4) is 0 Å². The normalized spacial score (nSPS) is 23.0. The van der Waals surface area contributed by atoms with Crippen molar-refractivity contribution in [2.45, 2.75) is 31.9 Å². The van der Waals surface area contributed by atoms with Crippen LogP contribution in [0.25, 0.3) is 0 Å². The smallest absolute Gasteiger partial charge is 0.251 e. The van der Waals surface area contributed by atoms with Gasteiger partial charge in [0.15, 0.2) is 0 Å². The summed E-state index contributed by atoms with van der Waals surface area (Å²) in [6.45, 7) is 1.81. The van der Waals surface area contributed by atoms with Gasteiger partial charge in [0.1, 0.15) is 5.15 Å². The molecule has 1 amide bonds. The standard InChI is InChI=1S/C12H15ClN2O2/c1-7-3-8(4-11(13)14-7)12(16)15-9-5-10(6-9)17-2/h3-4,9-10H,5-6H2,1-2H3,(H,15,16).